The van der Waals surface area contributed by atoms with E-state index in [9.17, 15) is 4.79 Å². The van der Waals surface area contributed by atoms with Gasteiger partial charge >= 0.3 is 0 Å². The minimum atomic E-state index is -0.0754. The number of carbonyl (C=O) groups is 1. The molecule has 0 radical (unpaired) electrons. The van der Waals surface area contributed by atoms with Gasteiger partial charge in [-0.1, -0.05) is 0 Å². The van der Waals surface area contributed by atoms with Gasteiger partial charge in [0.05, 0.1) is 11.8 Å². The third-order valence-electron chi connectivity index (χ3n) is 2.64. The molecule has 0 saturated heterocycles. The fraction of sp³-hybridized carbons (Fsp3) is 0.556. The molecule has 2 unspecified atom stereocenters. The number of hydrogen-bond acceptors (Lipinski definition) is 3. The standard InChI is InChI=1S/C9H14N4O/c1-5-6(4-11-13(5)2)9(14)12-8-3-7(8)10/h4,7-8H,3,10H2,1-2H3,(H,12,14). The predicted octanol–water partition coefficient (Wildman–Crippen LogP) is -0.442. The van der Waals surface area contributed by atoms with Gasteiger partial charge in [-0.05, 0) is 13.3 Å². The minimum absolute atomic E-state index is 0.0754. The van der Waals surface area contributed by atoms with E-state index in [-0.39, 0.29) is 18.0 Å². The summed E-state index contributed by atoms with van der Waals surface area (Å²) in [4.78, 5) is 11.7. The number of nitrogens with zero attached hydrogens (tertiary/aromatic N) is 2. The average molecular weight is 194 g/mol. The summed E-state index contributed by atoms with van der Waals surface area (Å²) >= 11 is 0. The van der Waals surface area contributed by atoms with Crippen molar-refractivity contribution in [3.8, 4) is 0 Å². The molecule has 1 aromatic rings. The van der Waals surface area contributed by atoms with E-state index in [0.717, 1.165) is 12.1 Å². The maximum Gasteiger partial charge on any atom is 0.255 e. The van der Waals surface area contributed by atoms with Crippen molar-refractivity contribution in [3.63, 3.8) is 0 Å². The summed E-state index contributed by atoms with van der Waals surface area (Å²) in [6.07, 6.45) is 2.46. The van der Waals surface area contributed by atoms with Crippen LogP contribution in [0.1, 0.15) is 22.5 Å². The zero-order valence-corrected chi connectivity index (χ0v) is 8.32. The molecule has 0 aromatic carbocycles. The van der Waals surface area contributed by atoms with Crippen molar-refractivity contribution in [2.75, 3.05) is 0 Å². The van der Waals surface area contributed by atoms with Crippen molar-refractivity contribution in [1.82, 2.24) is 15.1 Å². The molecule has 1 aromatic heterocycles. The van der Waals surface area contributed by atoms with E-state index >= 15 is 0 Å². The zero-order valence-electron chi connectivity index (χ0n) is 8.32. The number of hydrogen-bond donors (Lipinski definition) is 2. The van der Waals surface area contributed by atoms with Crippen LogP contribution in [0.5, 0.6) is 0 Å². The van der Waals surface area contributed by atoms with E-state index in [2.05, 4.69) is 10.4 Å². The molecule has 1 fully saturated rings. The Labute approximate surface area is 82.3 Å². The Bertz CT molecular complexity index is 371. The maximum absolute atomic E-state index is 11.7. The largest absolute Gasteiger partial charge is 0.348 e. The van der Waals surface area contributed by atoms with E-state index in [1.54, 1.807) is 10.9 Å². The van der Waals surface area contributed by atoms with Gasteiger partial charge in [-0.2, -0.15) is 5.10 Å². The Hall–Kier alpha value is -1.36. The predicted molar refractivity (Wildman–Crippen MR) is 51.8 cm³/mol. The number of nitrogens with two attached hydrogens (primary N) is 1. The Morgan fingerprint density at radius 2 is 2.43 bits per heavy atom. The normalized spacial score (nSPS) is 24.8. The third kappa shape index (κ3) is 1.50. The Kier molecular flexibility index (Phi) is 2.03. The molecule has 1 amide bonds. The highest BCUT2D eigenvalue weighted by atomic mass is 16.1. The molecule has 3 N–H and O–H groups in total. The van der Waals surface area contributed by atoms with Crippen LogP contribution in [0.15, 0.2) is 6.20 Å². The zero-order chi connectivity index (χ0) is 10.3. The molecule has 0 aliphatic heterocycles. The van der Waals surface area contributed by atoms with Crippen molar-refractivity contribution in [2.45, 2.75) is 25.4 Å². The topological polar surface area (TPSA) is 72.9 Å². The lowest BCUT2D eigenvalue weighted by Crippen LogP contribution is -2.29. The number of nitrogens with one attached hydrogen (secondary N) is 1. The van der Waals surface area contributed by atoms with Crippen LogP contribution in [0.4, 0.5) is 0 Å². The van der Waals surface area contributed by atoms with Gasteiger partial charge < -0.3 is 11.1 Å². The Morgan fingerprint density at radius 1 is 1.79 bits per heavy atom. The summed E-state index contributed by atoms with van der Waals surface area (Å²) < 4.78 is 1.68. The first kappa shape index (κ1) is 9.21. The monoisotopic (exact) mass is 194 g/mol. The highest BCUT2D eigenvalue weighted by molar-refractivity contribution is 5.95. The van der Waals surface area contributed by atoms with Gasteiger partial charge in [0, 0.05) is 24.8 Å². The number of rotatable bonds is 2. The highest BCUT2D eigenvalue weighted by Gasteiger charge is 2.35. The van der Waals surface area contributed by atoms with Gasteiger partial charge in [-0.15, -0.1) is 0 Å². The van der Waals surface area contributed by atoms with Gasteiger partial charge in [-0.3, -0.25) is 9.48 Å². The number of amides is 1. The number of aromatic nitrogens is 2. The van der Waals surface area contributed by atoms with Crippen LogP contribution < -0.4 is 11.1 Å². The van der Waals surface area contributed by atoms with E-state index < -0.39 is 0 Å². The van der Waals surface area contributed by atoms with Gasteiger partial charge in [0.25, 0.3) is 5.91 Å². The molecule has 76 valence electrons. The minimum Gasteiger partial charge on any atom is -0.348 e. The third-order valence-corrected chi connectivity index (χ3v) is 2.64. The lowest BCUT2D eigenvalue weighted by atomic mass is 10.2. The van der Waals surface area contributed by atoms with Crippen molar-refractivity contribution >= 4 is 5.91 Å². The quantitative estimate of drug-likeness (QED) is 0.670. The molecule has 2 atom stereocenters. The summed E-state index contributed by atoms with van der Waals surface area (Å²) in [5, 5.41) is 6.87. The van der Waals surface area contributed by atoms with Crippen molar-refractivity contribution in [2.24, 2.45) is 12.8 Å². The summed E-state index contributed by atoms with van der Waals surface area (Å²) in [6, 6.07) is 0.290. The molecule has 1 aliphatic rings. The average Bonchev–Trinajstić information content (AvgIpc) is 2.70. The fourth-order valence-corrected chi connectivity index (χ4v) is 1.35. The SMILES string of the molecule is Cc1c(C(=O)NC2CC2N)cnn1C. The highest BCUT2D eigenvalue weighted by Crippen LogP contribution is 2.18. The first-order chi connectivity index (χ1) is 6.59. The molecular weight excluding hydrogens is 180 g/mol. The van der Waals surface area contributed by atoms with Crippen LogP contribution in [0, 0.1) is 6.92 Å². The molecule has 5 heteroatoms. The Morgan fingerprint density at radius 3 is 2.86 bits per heavy atom. The lowest BCUT2D eigenvalue weighted by Gasteiger charge is -2.02. The van der Waals surface area contributed by atoms with Gasteiger partial charge in [0.1, 0.15) is 0 Å². The summed E-state index contributed by atoms with van der Waals surface area (Å²) in [5.74, 6) is -0.0754. The number of aryl methyl sites for hydroxylation is 1. The molecule has 0 bridgehead atoms. The molecule has 0 spiro atoms. The number of carbonyl (C=O) groups excluding carboxylic acids is 1. The molecule has 1 saturated carbocycles. The smallest absolute Gasteiger partial charge is 0.255 e. The van der Waals surface area contributed by atoms with Crippen LogP contribution in [0.2, 0.25) is 0 Å². The maximum atomic E-state index is 11.7. The van der Waals surface area contributed by atoms with Crippen molar-refractivity contribution < 1.29 is 4.79 Å². The van der Waals surface area contributed by atoms with Crippen molar-refractivity contribution in [1.29, 1.82) is 0 Å². The van der Waals surface area contributed by atoms with Gasteiger partial charge in [0.2, 0.25) is 0 Å². The summed E-state index contributed by atoms with van der Waals surface area (Å²) in [7, 11) is 1.81. The summed E-state index contributed by atoms with van der Waals surface area (Å²) in [6.45, 7) is 1.87. The lowest BCUT2D eigenvalue weighted by molar-refractivity contribution is 0.0949. The molecule has 1 heterocycles. The second-order valence-electron chi connectivity index (χ2n) is 3.75. The molecule has 5 nitrogen and oxygen atoms in total. The molecule has 14 heavy (non-hydrogen) atoms. The van der Waals surface area contributed by atoms with Crippen molar-refractivity contribution in [3.05, 3.63) is 17.5 Å². The molecular formula is C9H14N4O. The van der Waals surface area contributed by atoms with E-state index in [1.165, 1.54) is 0 Å². The second kappa shape index (κ2) is 3.09. The second-order valence-corrected chi connectivity index (χ2v) is 3.75. The van der Waals surface area contributed by atoms with Gasteiger partial charge in [-0.25, -0.2) is 0 Å². The Balaban J connectivity index is 2.07. The van der Waals surface area contributed by atoms with Crippen LogP contribution in [-0.2, 0) is 7.05 Å². The van der Waals surface area contributed by atoms with E-state index in [4.69, 9.17) is 5.73 Å². The summed E-state index contributed by atoms with van der Waals surface area (Å²) in [5.41, 5.74) is 7.10. The van der Waals surface area contributed by atoms with Crippen LogP contribution in [0.25, 0.3) is 0 Å². The van der Waals surface area contributed by atoms with Crippen LogP contribution in [-0.4, -0.2) is 27.8 Å². The van der Waals surface area contributed by atoms with E-state index in [1.807, 2.05) is 14.0 Å². The van der Waals surface area contributed by atoms with Crippen LogP contribution >= 0.6 is 0 Å². The molecule has 1 aliphatic carbocycles. The first-order valence-electron chi connectivity index (χ1n) is 4.64. The van der Waals surface area contributed by atoms with E-state index in [0.29, 0.717) is 5.56 Å². The fourth-order valence-electron chi connectivity index (χ4n) is 1.35. The first-order valence-corrected chi connectivity index (χ1v) is 4.64. The van der Waals surface area contributed by atoms with Gasteiger partial charge in [0.15, 0.2) is 0 Å². The molecule has 2 rings (SSSR count). The van der Waals surface area contributed by atoms with Crippen LogP contribution in [0.3, 0.4) is 0 Å².